The van der Waals surface area contributed by atoms with Crippen LogP contribution in [-0.4, -0.2) is 40.4 Å². The molecule has 1 amide bonds. The van der Waals surface area contributed by atoms with E-state index in [0.29, 0.717) is 19.7 Å². The fraction of sp³-hybridized carbons (Fsp3) is 0.438. The van der Waals surface area contributed by atoms with E-state index in [1.165, 1.54) is 32.6 Å². The Balaban J connectivity index is 1.91. The van der Waals surface area contributed by atoms with Gasteiger partial charge in [0, 0.05) is 30.6 Å². The predicted molar refractivity (Wildman–Crippen MR) is 79.2 cm³/mol. The summed E-state index contributed by atoms with van der Waals surface area (Å²) in [5, 5.41) is 10.5. The molecule has 0 aliphatic carbocycles. The Kier molecular flexibility index (Phi) is 2.64. The molecule has 5 nitrogen and oxygen atoms in total. The molecule has 0 saturated carbocycles. The molecular weight excluding hydrogens is 268 g/mol. The predicted octanol–water partition coefficient (Wildman–Crippen LogP) is 2.42. The van der Waals surface area contributed by atoms with Gasteiger partial charge in [-0.3, -0.25) is 0 Å². The van der Waals surface area contributed by atoms with Gasteiger partial charge in [0.25, 0.3) is 0 Å². The molecule has 0 spiro atoms. The number of hydrogen-bond donors (Lipinski definition) is 1. The molecule has 0 fully saturated rings. The highest BCUT2D eigenvalue weighted by atomic mass is 16.5. The van der Waals surface area contributed by atoms with Gasteiger partial charge in [-0.05, 0) is 36.6 Å². The molecule has 21 heavy (non-hydrogen) atoms. The van der Waals surface area contributed by atoms with Gasteiger partial charge in [-0.1, -0.05) is 0 Å². The number of benzene rings is 1. The zero-order valence-electron chi connectivity index (χ0n) is 12.1. The van der Waals surface area contributed by atoms with Gasteiger partial charge < -0.3 is 19.3 Å². The van der Waals surface area contributed by atoms with Crippen molar-refractivity contribution >= 4 is 17.0 Å². The van der Waals surface area contributed by atoms with E-state index in [0.717, 1.165) is 25.1 Å². The lowest BCUT2D eigenvalue weighted by Crippen LogP contribution is -2.32. The van der Waals surface area contributed by atoms with Crippen molar-refractivity contribution in [2.24, 2.45) is 0 Å². The van der Waals surface area contributed by atoms with E-state index in [1.807, 2.05) is 0 Å². The smallest absolute Gasteiger partial charge is 0.407 e. The van der Waals surface area contributed by atoms with Crippen LogP contribution in [0.15, 0.2) is 12.1 Å². The molecule has 1 aromatic carbocycles. The van der Waals surface area contributed by atoms with Crippen molar-refractivity contribution in [3.8, 4) is 5.75 Å². The second kappa shape index (κ2) is 4.41. The summed E-state index contributed by atoms with van der Waals surface area (Å²) in [4.78, 5) is 12.7. The summed E-state index contributed by atoms with van der Waals surface area (Å²) in [6.07, 6.45) is 0.756. The van der Waals surface area contributed by atoms with Crippen LogP contribution in [0.4, 0.5) is 4.79 Å². The van der Waals surface area contributed by atoms with Gasteiger partial charge in [0.15, 0.2) is 0 Å². The SMILES string of the molecule is Cc1cc2c3c(c1)c1c(n3CCO2)CCN(C(=O)O)CC1. The summed E-state index contributed by atoms with van der Waals surface area (Å²) in [6.45, 7) is 4.78. The molecule has 2 aliphatic heterocycles. The summed E-state index contributed by atoms with van der Waals surface area (Å²) in [6, 6.07) is 4.31. The van der Waals surface area contributed by atoms with E-state index < -0.39 is 6.09 Å². The van der Waals surface area contributed by atoms with E-state index in [9.17, 15) is 9.90 Å². The molecule has 0 radical (unpaired) electrons. The molecule has 2 aromatic rings. The van der Waals surface area contributed by atoms with E-state index in [-0.39, 0.29) is 0 Å². The summed E-state index contributed by atoms with van der Waals surface area (Å²) in [7, 11) is 0. The fourth-order valence-electron chi connectivity index (χ4n) is 3.67. The normalized spacial score (nSPS) is 17.3. The number of carbonyl (C=O) groups is 1. The lowest BCUT2D eigenvalue weighted by Gasteiger charge is -2.20. The van der Waals surface area contributed by atoms with Crippen molar-refractivity contribution in [3.63, 3.8) is 0 Å². The van der Waals surface area contributed by atoms with Crippen molar-refractivity contribution in [1.82, 2.24) is 9.47 Å². The summed E-state index contributed by atoms with van der Waals surface area (Å²) < 4.78 is 8.16. The zero-order valence-corrected chi connectivity index (χ0v) is 12.1. The van der Waals surface area contributed by atoms with E-state index in [4.69, 9.17) is 4.74 Å². The van der Waals surface area contributed by atoms with Crippen LogP contribution < -0.4 is 4.74 Å². The minimum absolute atomic E-state index is 0.575. The number of ether oxygens (including phenoxy) is 1. The number of nitrogens with zero attached hydrogens (tertiary/aromatic N) is 2. The number of amides is 1. The van der Waals surface area contributed by atoms with Crippen LogP contribution in [0.2, 0.25) is 0 Å². The van der Waals surface area contributed by atoms with Crippen molar-refractivity contribution in [2.75, 3.05) is 19.7 Å². The monoisotopic (exact) mass is 286 g/mol. The first kappa shape index (κ1) is 12.6. The highest BCUT2D eigenvalue weighted by Crippen LogP contribution is 2.37. The Morgan fingerprint density at radius 1 is 1.24 bits per heavy atom. The van der Waals surface area contributed by atoms with Crippen LogP contribution >= 0.6 is 0 Å². The molecule has 0 atom stereocenters. The van der Waals surface area contributed by atoms with Crippen LogP contribution in [0.5, 0.6) is 5.75 Å². The summed E-state index contributed by atoms with van der Waals surface area (Å²) >= 11 is 0. The van der Waals surface area contributed by atoms with Crippen LogP contribution in [0, 0.1) is 6.92 Å². The van der Waals surface area contributed by atoms with Crippen molar-refractivity contribution in [2.45, 2.75) is 26.3 Å². The standard InChI is InChI=1S/C16H18N2O3/c1-10-8-12-11-2-4-17(16(19)20)5-3-13(11)18-6-7-21-14(9-10)15(12)18/h8-9H,2-7H2,1H3,(H,19,20). The molecule has 0 bridgehead atoms. The molecule has 2 aliphatic rings. The highest BCUT2D eigenvalue weighted by molar-refractivity contribution is 5.92. The second-order valence-corrected chi connectivity index (χ2v) is 5.85. The number of carboxylic acid groups (broad SMARTS) is 1. The third-order valence-electron chi connectivity index (χ3n) is 4.58. The van der Waals surface area contributed by atoms with Crippen molar-refractivity contribution < 1.29 is 14.6 Å². The first-order valence-electron chi connectivity index (χ1n) is 7.40. The number of aromatic nitrogens is 1. The highest BCUT2D eigenvalue weighted by Gasteiger charge is 2.27. The minimum Gasteiger partial charge on any atom is -0.490 e. The number of rotatable bonds is 0. The van der Waals surface area contributed by atoms with E-state index >= 15 is 0 Å². The first-order chi connectivity index (χ1) is 10.1. The molecule has 0 saturated heterocycles. The Morgan fingerprint density at radius 3 is 2.86 bits per heavy atom. The Morgan fingerprint density at radius 2 is 2.05 bits per heavy atom. The first-order valence-corrected chi connectivity index (χ1v) is 7.40. The average Bonchev–Trinajstić information content (AvgIpc) is 2.62. The van der Waals surface area contributed by atoms with Crippen LogP contribution in [0.25, 0.3) is 10.9 Å². The molecule has 0 unspecified atom stereocenters. The van der Waals surface area contributed by atoms with Gasteiger partial charge in [0.05, 0.1) is 12.1 Å². The fourth-order valence-corrected chi connectivity index (χ4v) is 3.67. The third kappa shape index (κ3) is 1.80. The average molecular weight is 286 g/mol. The summed E-state index contributed by atoms with van der Waals surface area (Å²) in [5.74, 6) is 0.972. The molecule has 3 heterocycles. The van der Waals surface area contributed by atoms with Crippen LogP contribution in [0.3, 0.4) is 0 Å². The Bertz CT molecular complexity index is 748. The lowest BCUT2D eigenvalue weighted by atomic mass is 10.0. The number of fused-ring (bicyclic) bond motifs is 3. The minimum atomic E-state index is -0.816. The second-order valence-electron chi connectivity index (χ2n) is 5.85. The Labute approximate surface area is 122 Å². The molecule has 110 valence electrons. The quantitative estimate of drug-likeness (QED) is 0.809. The van der Waals surface area contributed by atoms with E-state index in [1.54, 1.807) is 0 Å². The van der Waals surface area contributed by atoms with Gasteiger partial charge >= 0.3 is 6.09 Å². The molecule has 5 heteroatoms. The topological polar surface area (TPSA) is 54.7 Å². The van der Waals surface area contributed by atoms with Crippen LogP contribution in [-0.2, 0) is 19.4 Å². The van der Waals surface area contributed by atoms with Crippen LogP contribution in [0.1, 0.15) is 16.8 Å². The number of hydrogen-bond acceptors (Lipinski definition) is 2. The summed E-state index contributed by atoms with van der Waals surface area (Å²) in [5.41, 5.74) is 4.99. The Hall–Kier alpha value is -2.17. The van der Waals surface area contributed by atoms with Crippen molar-refractivity contribution in [3.05, 3.63) is 29.0 Å². The van der Waals surface area contributed by atoms with Gasteiger partial charge in [-0.2, -0.15) is 0 Å². The third-order valence-corrected chi connectivity index (χ3v) is 4.58. The maximum absolute atomic E-state index is 11.2. The van der Waals surface area contributed by atoms with Gasteiger partial charge in [-0.25, -0.2) is 4.79 Å². The van der Waals surface area contributed by atoms with Crippen molar-refractivity contribution in [1.29, 1.82) is 0 Å². The number of aryl methyl sites for hydroxylation is 1. The lowest BCUT2D eigenvalue weighted by molar-refractivity contribution is 0.147. The molecule has 1 N–H and O–H groups in total. The van der Waals surface area contributed by atoms with E-state index in [2.05, 4.69) is 23.6 Å². The van der Waals surface area contributed by atoms with Gasteiger partial charge in [0.1, 0.15) is 12.4 Å². The molecular formula is C16H18N2O3. The molecule has 1 aromatic heterocycles. The molecule has 4 rings (SSSR count). The largest absolute Gasteiger partial charge is 0.490 e. The maximum Gasteiger partial charge on any atom is 0.407 e. The zero-order chi connectivity index (χ0) is 14.6. The maximum atomic E-state index is 11.2. The van der Waals surface area contributed by atoms with Gasteiger partial charge in [-0.15, -0.1) is 0 Å². The van der Waals surface area contributed by atoms with Gasteiger partial charge in [0.2, 0.25) is 0 Å².